The highest BCUT2D eigenvalue weighted by Gasteiger charge is 2.46. The van der Waals surface area contributed by atoms with Gasteiger partial charge in [0.25, 0.3) is 0 Å². The molecule has 0 heterocycles. The number of nitriles is 1. The summed E-state index contributed by atoms with van der Waals surface area (Å²) in [6, 6.07) is 3.08. The van der Waals surface area contributed by atoms with E-state index in [1.54, 1.807) is 0 Å². The molecule has 0 aromatic rings. The molecule has 1 N–H and O–H groups in total. The predicted octanol–water partition coefficient (Wildman–Crippen LogP) is 2.39. The van der Waals surface area contributed by atoms with E-state index in [9.17, 15) is 5.26 Å². The fourth-order valence-corrected chi connectivity index (χ4v) is 2.51. The van der Waals surface area contributed by atoms with Gasteiger partial charge in [0.2, 0.25) is 0 Å². The van der Waals surface area contributed by atoms with E-state index in [-0.39, 0.29) is 5.54 Å². The third-order valence-electron chi connectivity index (χ3n) is 3.66. The van der Waals surface area contributed by atoms with Crippen LogP contribution in [0.1, 0.15) is 47.0 Å². The molecule has 1 aliphatic carbocycles. The standard InChI is InChI=1S/C14H27N3/c1-5-9-17(12(3)4)11-14(10-15,16-6-2)13-7-8-13/h12-13,16H,5-9,11H2,1-4H3. The summed E-state index contributed by atoms with van der Waals surface area (Å²) in [6.07, 6.45) is 3.56. The Labute approximate surface area is 106 Å². The molecular formula is C14H27N3. The van der Waals surface area contributed by atoms with Crippen LogP contribution in [0, 0.1) is 17.2 Å². The fourth-order valence-electron chi connectivity index (χ4n) is 2.51. The quantitative estimate of drug-likeness (QED) is 0.704. The van der Waals surface area contributed by atoms with Gasteiger partial charge in [0.15, 0.2) is 0 Å². The summed E-state index contributed by atoms with van der Waals surface area (Å²) >= 11 is 0. The molecule has 0 radical (unpaired) electrons. The molecule has 1 unspecified atom stereocenters. The number of nitrogens with zero attached hydrogens (tertiary/aromatic N) is 2. The molecule has 0 aromatic carbocycles. The van der Waals surface area contributed by atoms with Crippen LogP contribution in [-0.2, 0) is 0 Å². The number of nitrogens with one attached hydrogen (secondary N) is 1. The molecule has 98 valence electrons. The van der Waals surface area contributed by atoms with Crippen molar-refractivity contribution >= 4 is 0 Å². The van der Waals surface area contributed by atoms with Crippen LogP contribution in [0.3, 0.4) is 0 Å². The van der Waals surface area contributed by atoms with Crippen molar-refractivity contribution in [3.05, 3.63) is 0 Å². The third kappa shape index (κ3) is 3.69. The molecule has 1 fully saturated rings. The third-order valence-corrected chi connectivity index (χ3v) is 3.66. The largest absolute Gasteiger partial charge is 0.298 e. The predicted molar refractivity (Wildman–Crippen MR) is 71.7 cm³/mol. The van der Waals surface area contributed by atoms with Crippen LogP contribution in [0.5, 0.6) is 0 Å². The van der Waals surface area contributed by atoms with Gasteiger partial charge in [0.05, 0.1) is 6.07 Å². The van der Waals surface area contributed by atoms with Gasteiger partial charge in [-0.15, -0.1) is 0 Å². The maximum absolute atomic E-state index is 9.58. The zero-order valence-electron chi connectivity index (χ0n) is 11.8. The Kier molecular flexibility index (Phi) is 5.42. The highest BCUT2D eigenvalue weighted by molar-refractivity contribution is 5.16. The lowest BCUT2D eigenvalue weighted by Gasteiger charge is -2.36. The van der Waals surface area contributed by atoms with Gasteiger partial charge < -0.3 is 0 Å². The molecule has 0 amide bonds. The van der Waals surface area contributed by atoms with E-state index in [4.69, 9.17) is 0 Å². The summed E-state index contributed by atoms with van der Waals surface area (Å²) in [5, 5.41) is 13.0. The Bertz CT molecular complexity index is 265. The summed E-state index contributed by atoms with van der Waals surface area (Å²) in [5.74, 6) is 0.561. The van der Waals surface area contributed by atoms with Crippen LogP contribution < -0.4 is 5.32 Å². The highest BCUT2D eigenvalue weighted by atomic mass is 15.2. The monoisotopic (exact) mass is 237 g/mol. The molecule has 0 aromatic heterocycles. The van der Waals surface area contributed by atoms with Gasteiger partial charge in [-0.2, -0.15) is 5.26 Å². The van der Waals surface area contributed by atoms with Crippen molar-refractivity contribution in [1.29, 1.82) is 5.26 Å². The lowest BCUT2D eigenvalue weighted by molar-refractivity contribution is 0.162. The van der Waals surface area contributed by atoms with E-state index in [0.29, 0.717) is 12.0 Å². The number of rotatable bonds is 8. The van der Waals surface area contributed by atoms with Crippen LogP contribution in [0.2, 0.25) is 0 Å². The topological polar surface area (TPSA) is 39.1 Å². The summed E-state index contributed by atoms with van der Waals surface area (Å²) in [7, 11) is 0. The van der Waals surface area contributed by atoms with Gasteiger partial charge in [0.1, 0.15) is 5.54 Å². The molecule has 17 heavy (non-hydrogen) atoms. The molecule has 3 heteroatoms. The molecule has 0 bridgehead atoms. The molecule has 0 spiro atoms. The summed E-state index contributed by atoms with van der Waals surface area (Å²) < 4.78 is 0. The van der Waals surface area contributed by atoms with Crippen molar-refractivity contribution in [3.63, 3.8) is 0 Å². The van der Waals surface area contributed by atoms with Gasteiger partial charge in [-0.05, 0) is 52.1 Å². The lowest BCUT2D eigenvalue weighted by Crippen LogP contribution is -2.55. The molecule has 0 aliphatic heterocycles. The van der Waals surface area contributed by atoms with Crippen LogP contribution in [0.15, 0.2) is 0 Å². The van der Waals surface area contributed by atoms with Crippen molar-refractivity contribution in [2.24, 2.45) is 5.92 Å². The van der Waals surface area contributed by atoms with E-state index in [1.165, 1.54) is 12.8 Å². The first-order valence-electron chi connectivity index (χ1n) is 7.00. The second kappa shape index (κ2) is 6.37. The highest BCUT2D eigenvalue weighted by Crippen LogP contribution is 2.40. The second-order valence-electron chi connectivity index (χ2n) is 5.45. The van der Waals surface area contributed by atoms with Gasteiger partial charge in [-0.3, -0.25) is 10.2 Å². The Morgan fingerprint density at radius 2 is 2.06 bits per heavy atom. The Morgan fingerprint density at radius 1 is 1.41 bits per heavy atom. The average molecular weight is 237 g/mol. The van der Waals surface area contributed by atoms with Gasteiger partial charge in [-0.25, -0.2) is 0 Å². The van der Waals surface area contributed by atoms with Crippen LogP contribution in [-0.4, -0.2) is 36.1 Å². The van der Waals surface area contributed by atoms with Crippen molar-refractivity contribution < 1.29 is 0 Å². The fraction of sp³-hybridized carbons (Fsp3) is 0.929. The minimum absolute atomic E-state index is 0.311. The van der Waals surface area contributed by atoms with Crippen molar-refractivity contribution in [1.82, 2.24) is 10.2 Å². The minimum Gasteiger partial charge on any atom is -0.298 e. The number of hydrogen-bond donors (Lipinski definition) is 1. The summed E-state index contributed by atoms with van der Waals surface area (Å²) in [5.41, 5.74) is -0.311. The first kappa shape index (κ1) is 14.5. The van der Waals surface area contributed by atoms with Gasteiger partial charge >= 0.3 is 0 Å². The zero-order valence-corrected chi connectivity index (χ0v) is 11.8. The van der Waals surface area contributed by atoms with Gasteiger partial charge in [-0.1, -0.05) is 13.8 Å². The number of likely N-dealkylation sites (N-methyl/N-ethyl adjacent to an activating group) is 1. The van der Waals surface area contributed by atoms with Crippen molar-refractivity contribution in [2.45, 2.75) is 58.5 Å². The van der Waals surface area contributed by atoms with Crippen LogP contribution in [0.4, 0.5) is 0 Å². The molecule has 0 saturated heterocycles. The van der Waals surface area contributed by atoms with Crippen LogP contribution >= 0.6 is 0 Å². The maximum Gasteiger partial charge on any atom is 0.122 e. The first-order chi connectivity index (χ1) is 8.09. The lowest BCUT2D eigenvalue weighted by atomic mass is 9.93. The number of hydrogen-bond acceptors (Lipinski definition) is 3. The van der Waals surface area contributed by atoms with Crippen LogP contribution in [0.25, 0.3) is 0 Å². The van der Waals surface area contributed by atoms with E-state index in [1.807, 2.05) is 0 Å². The van der Waals surface area contributed by atoms with Crippen molar-refractivity contribution in [3.8, 4) is 6.07 Å². The van der Waals surface area contributed by atoms with E-state index >= 15 is 0 Å². The smallest absolute Gasteiger partial charge is 0.122 e. The van der Waals surface area contributed by atoms with E-state index in [0.717, 1.165) is 26.1 Å². The Balaban J connectivity index is 2.73. The second-order valence-corrected chi connectivity index (χ2v) is 5.45. The average Bonchev–Trinajstić information content (AvgIpc) is 3.11. The summed E-state index contributed by atoms with van der Waals surface area (Å²) in [6.45, 7) is 11.6. The zero-order chi connectivity index (χ0) is 12.9. The van der Waals surface area contributed by atoms with Gasteiger partial charge in [0, 0.05) is 12.6 Å². The van der Waals surface area contributed by atoms with Crippen molar-refractivity contribution in [2.75, 3.05) is 19.6 Å². The Hall–Kier alpha value is -0.590. The van der Waals surface area contributed by atoms with E-state index in [2.05, 4.69) is 44.0 Å². The van der Waals surface area contributed by atoms with E-state index < -0.39 is 0 Å². The molecular weight excluding hydrogens is 210 g/mol. The molecule has 1 atom stereocenters. The summed E-state index contributed by atoms with van der Waals surface area (Å²) in [4.78, 5) is 2.43. The molecule has 1 aliphatic rings. The normalized spacial score (nSPS) is 19.4. The molecule has 1 saturated carbocycles. The Morgan fingerprint density at radius 3 is 2.41 bits per heavy atom. The first-order valence-corrected chi connectivity index (χ1v) is 7.00. The SMILES string of the molecule is CCCN(CC(C#N)(NCC)C1CC1)C(C)C. The molecule has 1 rings (SSSR count). The molecule has 3 nitrogen and oxygen atoms in total. The maximum atomic E-state index is 9.58. The minimum atomic E-state index is -0.311.